The molecule has 7 nitrogen and oxygen atoms in total. The van der Waals surface area contributed by atoms with Gasteiger partial charge >= 0.3 is 0 Å². The third kappa shape index (κ3) is 4.07. The van der Waals surface area contributed by atoms with Crippen LogP contribution in [0.1, 0.15) is 10.4 Å². The Labute approximate surface area is 151 Å². The predicted octanol–water partition coefficient (Wildman–Crippen LogP) is 3.49. The van der Waals surface area contributed by atoms with Gasteiger partial charge in [0.2, 0.25) is 0 Å². The number of nitrogens with zero attached hydrogens (tertiary/aromatic N) is 2. The summed E-state index contributed by atoms with van der Waals surface area (Å²) in [6, 6.07) is 12.4. The summed E-state index contributed by atoms with van der Waals surface area (Å²) in [4.78, 5) is 20.3. The maximum atomic E-state index is 12.1. The van der Waals surface area contributed by atoms with E-state index in [-0.39, 0.29) is 5.91 Å². The number of carbonyl (C=O) groups excluding carboxylic acids is 1. The third-order valence-electron chi connectivity index (χ3n) is 3.62. The van der Waals surface area contributed by atoms with Gasteiger partial charge in [0.25, 0.3) is 5.91 Å². The number of nitrogens with one attached hydrogen (secondary N) is 2. The van der Waals surface area contributed by atoms with Gasteiger partial charge < -0.3 is 20.1 Å². The first-order valence-corrected chi connectivity index (χ1v) is 7.86. The Bertz CT molecular complexity index is 883. The first-order valence-electron chi connectivity index (χ1n) is 7.86. The molecule has 0 aliphatic carbocycles. The molecular formula is C19H18N4O3. The second-order valence-electron chi connectivity index (χ2n) is 5.32. The molecule has 132 valence electrons. The number of rotatable bonds is 6. The molecule has 0 aliphatic rings. The minimum Gasteiger partial charge on any atom is -0.497 e. The zero-order chi connectivity index (χ0) is 18.4. The molecule has 0 radical (unpaired) electrons. The summed E-state index contributed by atoms with van der Waals surface area (Å²) in [5, 5.41) is 5.95. The molecule has 2 heterocycles. The van der Waals surface area contributed by atoms with Gasteiger partial charge in [-0.1, -0.05) is 0 Å². The van der Waals surface area contributed by atoms with Crippen molar-refractivity contribution in [1.29, 1.82) is 0 Å². The SMILES string of the molecule is COc1ccc(Nc2ccc(NC(=O)c3cccnc3)nc2)c(OC)c1. The van der Waals surface area contributed by atoms with Gasteiger partial charge in [-0.25, -0.2) is 4.98 Å². The van der Waals surface area contributed by atoms with E-state index in [1.54, 1.807) is 50.9 Å². The van der Waals surface area contributed by atoms with E-state index in [2.05, 4.69) is 20.6 Å². The Hall–Kier alpha value is -3.61. The molecular weight excluding hydrogens is 332 g/mol. The lowest BCUT2D eigenvalue weighted by Gasteiger charge is -2.12. The first-order chi connectivity index (χ1) is 12.7. The molecule has 7 heteroatoms. The molecule has 0 aliphatic heterocycles. The molecule has 2 aromatic heterocycles. The lowest BCUT2D eigenvalue weighted by atomic mass is 10.2. The van der Waals surface area contributed by atoms with E-state index in [1.807, 2.05) is 18.2 Å². The number of anilines is 3. The summed E-state index contributed by atoms with van der Waals surface area (Å²) in [7, 11) is 3.19. The van der Waals surface area contributed by atoms with E-state index in [9.17, 15) is 4.79 Å². The molecule has 0 saturated carbocycles. The average Bonchev–Trinajstić information content (AvgIpc) is 2.70. The maximum Gasteiger partial charge on any atom is 0.258 e. The van der Waals surface area contributed by atoms with Gasteiger partial charge in [-0.05, 0) is 36.4 Å². The number of hydrogen-bond donors (Lipinski definition) is 2. The van der Waals surface area contributed by atoms with Crippen molar-refractivity contribution in [2.75, 3.05) is 24.9 Å². The van der Waals surface area contributed by atoms with Crippen LogP contribution < -0.4 is 20.1 Å². The Kier molecular flexibility index (Phi) is 5.28. The van der Waals surface area contributed by atoms with E-state index in [0.29, 0.717) is 22.9 Å². The van der Waals surface area contributed by atoms with Crippen molar-refractivity contribution in [2.45, 2.75) is 0 Å². The summed E-state index contributed by atoms with van der Waals surface area (Å²) >= 11 is 0. The largest absolute Gasteiger partial charge is 0.497 e. The van der Waals surface area contributed by atoms with Gasteiger partial charge in [0.1, 0.15) is 17.3 Å². The number of amides is 1. The molecule has 0 saturated heterocycles. The summed E-state index contributed by atoms with van der Waals surface area (Å²) < 4.78 is 10.5. The average molecular weight is 350 g/mol. The normalized spacial score (nSPS) is 10.1. The quantitative estimate of drug-likeness (QED) is 0.708. The van der Waals surface area contributed by atoms with Crippen LogP contribution in [0.25, 0.3) is 0 Å². The van der Waals surface area contributed by atoms with Crippen LogP contribution in [-0.2, 0) is 0 Å². The molecule has 0 atom stereocenters. The molecule has 0 spiro atoms. The van der Waals surface area contributed by atoms with E-state index in [4.69, 9.17) is 9.47 Å². The zero-order valence-corrected chi connectivity index (χ0v) is 14.4. The molecule has 1 amide bonds. The van der Waals surface area contributed by atoms with Gasteiger partial charge in [0.15, 0.2) is 0 Å². The molecule has 0 fully saturated rings. The topological polar surface area (TPSA) is 85.4 Å². The van der Waals surface area contributed by atoms with Gasteiger partial charge in [0, 0.05) is 18.5 Å². The van der Waals surface area contributed by atoms with Crippen LogP contribution >= 0.6 is 0 Å². The van der Waals surface area contributed by atoms with Crippen LogP contribution in [-0.4, -0.2) is 30.1 Å². The van der Waals surface area contributed by atoms with Crippen LogP contribution in [0.2, 0.25) is 0 Å². The van der Waals surface area contributed by atoms with E-state index in [1.165, 1.54) is 6.20 Å². The number of carbonyl (C=O) groups is 1. The number of hydrogen-bond acceptors (Lipinski definition) is 6. The fourth-order valence-electron chi connectivity index (χ4n) is 2.28. The molecule has 0 bridgehead atoms. The number of ether oxygens (including phenoxy) is 2. The number of aromatic nitrogens is 2. The minimum absolute atomic E-state index is 0.261. The number of methoxy groups -OCH3 is 2. The highest BCUT2D eigenvalue weighted by Crippen LogP contribution is 2.31. The fourth-order valence-corrected chi connectivity index (χ4v) is 2.28. The smallest absolute Gasteiger partial charge is 0.258 e. The molecule has 3 rings (SSSR count). The van der Waals surface area contributed by atoms with Gasteiger partial charge in [-0.3, -0.25) is 9.78 Å². The summed E-state index contributed by atoms with van der Waals surface area (Å²) in [5.74, 6) is 1.55. The highest BCUT2D eigenvalue weighted by molar-refractivity contribution is 6.03. The molecule has 2 N–H and O–H groups in total. The van der Waals surface area contributed by atoms with Crippen molar-refractivity contribution < 1.29 is 14.3 Å². The van der Waals surface area contributed by atoms with Crippen LogP contribution in [0, 0.1) is 0 Å². The zero-order valence-electron chi connectivity index (χ0n) is 14.4. The summed E-state index contributed by atoms with van der Waals surface area (Å²) in [6.07, 6.45) is 4.74. The summed E-state index contributed by atoms with van der Waals surface area (Å²) in [6.45, 7) is 0. The standard InChI is InChI=1S/C19H18N4O3/c1-25-15-6-7-16(17(10-15)26-2)22-14-5-8-18(21-12-14)23-19(24)13-4-3-9-20-11-13/h3-12,22H,1-2H3,(H,21,23,24). The van der Waals surface area contributed by atoms with Crippen LogP contribution in [0.15, 0.2) is 61.1 Å². The Balaban J connectivity index is 1.69. The molecule has 0 unspecified atom stereocenters. The van der Waals surface area contributed by atoms with Crippen molar-refractivity contribution in [3.8, 4) is 11.5 Å². The highest BCUT2D eigenvalue weighted by atomic mass is 16.5. The van der Waals surface area contributed by atoms with E-state index < -0.39 is 0 Å². The predicted molar refractivity (Wildman–Crippen MR) is 99.3 cm³/mol. The second-order valence-corrected chi connectivity index (χ2v) is 5.32. The summed E-state index contributed by atoms with van der Waals surface area (Å²) in [5.41, 5.74) is 2.01. The van der Waals surface area contributed by atoms with Crippen molar-refractivity contribution in [1.82, 2.24) is 9.97 Å². The number of pyridine rings is 2. The van der Waals surface area contributed by atoms with Crippen molar-refractivity contribution in [2.24, 2.45) is 0 Å². The van der Waals surface area contributed by atoms with Crippen molar-refractivity contribution >= 4 is 23.1 Å². The Morgan fingerprint density at radius 1 is 1.04 bits per heavy atom. The monoisotopic (exact) mass is 350 g/mol. The fraction of sp³-hybridized carbons (Fsp3) is 0.105. The maximum absolute atomic E-state index is 12.1. The molecule has 3 aromatic rings. The first kappa shape index (κ1) is 17.2. The van der Waals surface area contributed by atoms with E-state index >= 15 is 0 Å². The second kappa shape index (κ2) is 7.98. The minimum atomic E-state index is -0.261. The third-order valence-corrected chi connectivity index (χ3v) is 3.62. The van der Waals surface area contributed by atoms with Crippen LogP contribution in [0.3, 0.4) is 0 Å². The van der Waals surface area contributed by atoms with E-state index in [0.717, 1.165) is 11.4 Å². The van der Waals surface area contributed by atoms with Gasteiger partial charge in [-0.2, -0.15) is 0 Å². The van der Waals surface area contributed by atoms with Gasteiger partial charge in [0.05, 0.1) is 37.4 Å². The van der Waals surface area contributed by atoms with Gasteiger partial charge in [-0.15, -0.1) is 0 Å². The highest BCUT2D eigenvalue weighted by Gasteiger charge is 2.08. The Morgan fingerprint density at radius 2 is 1.92 bits per heavy atom. The van der Waals surface area contributed by atoms with Crippen molar-refractivity contribution in [3.63, 3.8) is 0 Å². The van der Waals surface area contributed by atoms with Crippen LogP contribution in [0.4, 0.5) is 17.2 Å². The number of benzene rings is 1. The lowest BCUT2D eigenvalue weighted by molar-refractivity contribution is 0.102. The molecule has 26 heavy (non-hydrogen) atoms. The lowest BCUT2D eigenvalue weighted by Crippen LogP contribution is -2.13. The van der Waals surface area contributed by atoms with Crippen molar-refractivity contribution in [3.05, 3.63) is 66.6 Å². The molecule has 1 aromatic carbocycles. The Morgan fingerprint density at radius 3 is 2.58 bits per heavy atom. The van der Waals surface area contributed by atoms with Crippen LogP contribution in [0.5, 0.6) is 11.5 Å².